The van der Waals surface area contributed by atoms with Crippen molar-refractivity contribution in [2.75, 3.05) is 13.2 Å². The summed E-state index contributed by atoms with van der Waals surface area (Å²) in [6.07, 6.45) is 4.05. The van der Waals surface area contributed by atoms with Crippen molar-refractivity contribution in [2.24, 2.45) is 11.8 Å². The van der Waals surface area contributed by atoms with Gasteiger partial charge >= 0.3 is 0 Å². The maximum Gasteiger partial charge on any atom is 0.0785 e. The summed E-state index contributed by atoms with van der Waals surface area (Å²) in [5.41, 5.74) is 2.42. The SMILES string of the molecule is CC(COC(C)(C)C(C)C)OCc1ccc(CC(C)OCC2CC2)cc1. The Balaban J connectivity index is 1.67. The van der Waals surface area contributed by atoms with Gasteiger partial charge < -0.3 is 14.2 Å². The molecule has 0 N–H and O–H groups in total. The smallest absolute Gasteiger partial charge is 0.0785 e. The highest BCUT2D eigenvalue weighted by Crippen LogP contribution is 2.29. The van der Waals surface area contributed by atoms with E-state index in [1.807, 2.05) is 0 Å². The zero-order chi connectivity index (χ0) is 19.2. The molecule has 0 spiro atoms. The molecule has 1 aliphatic rings. The zero-order valence-electron chi connectivity index (χ0n) is 17.6. The van der Waals surface area contributed by atoms with Crippen LogP contribution < -0.4 is 0 Å². The number of hydrogen-bond donors (Lipinski definition) is 0. The fourth-order valence-corrected chi connectivity index (χ4v) is 2.53. The van der Waals surface area contributed by atoms with Gasteiger partial charge in [0, 0.05) is 6.61 Å². The van der Waals surface area contributed by atoms with Crippen molar-refractivity contribution >= 4 is 0 Å². The van der Waals surface area contributed by atoms with E-state index in [2.05, 4.69) is 65.8 Å². The lowest BCUT2D eigenvalue weighted by Gasteiger charge is -2.31. The van der Waals surface area contributed by atoms with Gasteiger partial charge in [-0.15, -0.1) is 0 Å². The number of hydrogen-bond acceptors (Lipinski definition) is 3. The Bertz CT molecular complexity index is 517. The lowest BCUT2D eigenvalue weighted by Crippen LogP contribution is -2.34. The highest BCUT2D eigenvalue weighted by atomic mass is 16.5. The number of benzene rings is 1. The monoisotopic (exact) mass is 362 g/mol. The van der Waals surface area contributed by atoms with E-state index in [0.717, 1.165) is 18.9 Å². The molecule has 148 valence electrons. The van der Waals surface area contributed by atoms with Gasteiger partial charge in [0.2, 0.25) is 0 Å². The molecule has 2 atom stereocenters. The predicted molar refractivity (Wildman–Crippen MR) is 107 cm³/mol. The second-order valence-corrected chi connectivity index (χ2v) is 8.80. The number of ether oxygens (including phenoxy) is 3. The molecule has 2 unspecified atom stereocenters. The summed E-state index contributed by atoms with van der Waals surface area (Å²) in [5, 5.41) is 0. The average molecular weight is 363 g/mol. The van der Waals surface area contributed by atoms with Gasteiger partial charge in [0.25, 0.3) is 0 Å². The minimum atomic E-state index is -0.114. The lowest BCUT2D eigenvalue weighted by molar-refractivity contribution is -0.0978. The number of rotatable bonds is 12. The minimum Gasteiger partial charge on any atom is -0.378 e. The largest absolute Gasteiger partial charge is 0.378 e. The maximum absolute atomic E-state index is 6.01. The molecule has 0 aliphatic heterocycles. The molecule has 3 heteroatoms. The van der Waals surface area contributed by atoms with Gasteiger partial charge in [-0.1, -0.05) is 38.1 Å². The highest BCUT2D eigenvalue weighted by molar-refractivity contribution is 5.22. The molecule has 0 saturated heterocycles. The van der Waals surface area contributed by atoms with Crippen LogP contribution in [0.3, 0.4) is 0 Å². The van der Waals surface area contributed by atoms with Crippen LogP contribution in [0.25, 0.3) is 0 Å². The molecule has 1 aromatic rings. The van der Waals surface area contributed by atoms with Crippen LogP contribution >= 0.6 is 0 Å². The minimum absolute atomic E-state index is 0.0866. The zero-order valence-corrected chi connectivity index (χ0v) is 17.6. The highest BCUT2D eigenvalue weighted by Gasteiger charge is 2.24. The Morgan fingerprint density at radius 3 is 2.12 bits per heavy atom. The Labute approximate surface area is 160 Å². The summed E-state index contributed by atoms with van der Waals surface area (Å²) in [5.74, 6) is 1.31. The summed E-state index contributed by atoms with van der Waals surface area (Å²) < 4.78 is 17.9. The molecule has 0 amide bonds. The van der Waals surface area contributed by atoms with Crippen LogP contribution in [0.5, 0.6) is 0 Å². The summed E-state index contributed by atoms with van der Waals surface area (Å²) in [4.78, 5) is 0. The molecule has 3 nitrogen and oxygen atoms in total. The fourth-order valence-electron chi connectivity index (χ4n) is 2.53. The maximum atomic E-state index is 6.01. The topological polar surface area (TPSA) is 27.7 Å². The molecule has 0 bridgehead atoms. The third-order valence-electron chi connectivity index (χ3n) is 5.47. The summed E-state index contributed by atoms with van der Waals surface area (Å²) in [7, 11) is 0. The molecule has 0 aromatic heterocycles. The van der Waals surface area contributed by atoms with Crippen LogP contribution in [0.2, 0.25) is 0 Å². The molecule has 1 fully saturated rings. The predicted octanol–water partition coefficient (Wildman–Crippen LogP) is 5.40. The first-order valence-electron chi connectivity index (χ1n) is 10.2. The third-order valence-corrected chi connectivity index (χ3v) is 5.47. The molecular weight excluding hydrogens is 324 g/mol. The van der Waals surface area contributed by atoms with Crippen LogP contribution in [0.1, 0.15) is 65.5 Å². The average Bonchev–Trinajstić information content (AvgIpc) is 3.42. The van der Waals surface area contributed by atoms with Gasteiger partial charge in [0.1, 0.15) is 0 Å². The summed E-state index contributed by atoms with van der Waals surface area (Å²) >= 11 is 0. The van der Waals surface area contributed by atoms with E-state index in [4.69, 9.17) is 14.2 Å². The van der Waals surface area contributed by atoms with E-state index >= 15 is 0 Å². The van der Waals surface area contributed by atoms with Crippen molar-refractivity contribution in [2.45, 2.75) is 85.2 Å². The van der Waals surface area contributed by atoms with Crippen molar-refractivity contribution in [3.05, 3.63) is 35.4 Å². The molecule has 1 saturated carbocycles. The van der Waals surface area contributed by atoms with Gasteiger partial charge in [-0.2, -0.15) is 0 Å². The summed E-state index contributed by atoms with van der Waals surface area (Å²) in [6.45, 7) is 15.1. The fraction of sp³-hybridized carbons (Fsp3) is 0.739. The Kier molecular flexibility index (Phi) is 8.12. The standard InChI is InChI=1S/C23H38O3/c1-17(2)23(5,6)26-14-19(4)25-16-21-9-7-20(8-10-21)13-18(3)24-15-22-11-12-22/h7-10,17-19,22H,11-16H2,1-6H3. The Morgan fingerprint density at radius 1 is 0.923 bits per heavy atom. The molecular formula is C23H38O3. The van der Waals surface area contributed by atoms with Crippen LogP contribution in [0, 0.1) is 11.8 Å². The van der Waals surface area contributed by atoms with E-state index in [9.17, 15) is 0 Å². The van der Waals surface area contributed by atoms with E-state index in [-0.39, 0.29) is 11.7 Å². The molecule has 2 rings (SSSR count). The molecule has 0 heterocycles. The lowest BCUT2D eigenvalue weighted by atomic mass is 9.95. The van der Waals surface area contributed by atoms with Gasteiger partial charge in [0.15, 0.2) is 0 Å². The van der Waals surface area contributed by atoms with Crippen LogP contribution in [0.15, 0.2) is 24.3 Å². The quantitative estimate of drug-likeness (QED) is 0.498. The van der Waals surface area contributed by atoms with Crippen molar-refractivity contribution in [1.82, 2.24) is 0 Å². The van der Waals surface area contributed by atoms with Crippen LogP contribution in [-0.4, -0.2) is 31.0 Å². The molecule has 26 heavy (non-hydrogen) atoms. The second-order valence-electron chi connectivity index (χ2n) is 8.80. The van der Waals surface area contributed by atoms with Crippen molar-refractivity contribution in [3.8, 4) is 0 Å². The first-order valence-corrected chi connectivity index (χ1v) is 10.2. The van der Waals surface area contributed by atoms with Gasteiger partial charge in [-0.3, -0.25) is 0 Å². The van der Waals surface area contributed by atoms with Gasteiger partial charge in [0.05, 0.1) is 31.0 Å². The van der Waals surface area contributed by atoms with E-state index < -0.39 is 0 Å². The van der Waals surface area contributed by atoms with Gasteiger partial charge in [-0.25, -0.2) is 0 Å². The molecule has 1 aliphatic carbocycles. The van der Waals surface area contributed by atoms with E-state index in [0.29, 0.717) is 25.2 Å². The van der Waals surface area contributed by atoms with Crippen LogP contribution in [0.4, 0.5) is 0 Å². The Hall–Kier alpha value is -0.900. The normalized spacial score (nSPS) is 17.5. The van der Waals surface area contributed by atoms with Crippen LogP contribution in [-0.2, 0) is 27.2 Å². The third kappa shape index (κ3) is 7.77. The van der Waals surface area contributed by atoms with Crippen molar-refractivity contribution in [3.63, 3.8) is 0 Å². The van der Waals surface area contributed by atoms with E-state index in [1.54, 1.807) is 0 Å². The van der Waals surface area contributed by atoms with Gasteiger partial charge in [-0.05, 0) is 69.9 Å². The van der Waals surface area contributed by atoms with E-state index in [1.165, 1.54) is 24.0 Å². The Morgan fingerprint density at radius 2 is 1.54 bits per heavy atom. The first kappa shape index (κ1) is 21.4. The van der Waals surface area contributed by atoms with Crippen molar-refractivity contribution in [1.29, 1.82) is 0 Å². The summed E-state index contributed by atoms with van der Waals surface area (Å²) in [6, 6.07) is 8.71. The second kappa shape index (κ2) is 9.87. The molecule has 1 aromatic carbocycles. The first-order chi connectivity index (χ1) is 12.3. The van der Waals surface area contributed by atoms with Crippen molar-refractivity contribution < 1.29 is 14.2 Å². The molecule has 0 radical (unpaired) electrons.